The molecule has 0 radical (unpaired) electrons. The summed E-state index contributed by atoms with van der Waals surface area (Å²) in [7, 11) is 1.66. The van der Waals surface area contributed by atoms with Crippen LogP contribution in [0.15, 0.2) is 18.2 Å². The molecule has 0 aliphatic rings. The molecule has 0 saturated heterocycles. The summed E-state index contributed by atoms with van der Waals surface area (Å²) < 4.78 is 5.25. The van der Waals surface area contributed by atoms with Crippen LogP contribution in [0.4, 0.5) is 0 Å². The van der Waals surface area contributed by atoms with E-state index in [0.29, 0.717) is 6.54 Å². The van der Waals surface area contributed by atoms with Crippen LogP contribution < -0.4 is 10.1 Å². The maximum Gasteiger partial charge on any atom is 0.245 e. The minimum absolute atomic E-state index is 0.339. The summed E-state index contributed by atoms with van der Waals surface area (Å²) in [5, 5.41) is 11.2. The Labute approximate surface area is 102 Å². The number of amides is 1. The Bertz CT molecular complexity index is 377. The number of benzene rings is 1. The van der Waals surface area contributed by atoms with Gasteiger partial charge in [-0.1, -0.05) is 19.1 Å². The average molecular weight is 237 g/mol. The standard InChI is InChI=1S/C13H19NO3/c1-3-11-8-10(4-5-12(11)17-2)6-7-14-13(16)9-15/h4-5,8,15H,3,6-7,9H2,1-2H3,(H,14,16). The van der Waals surface area contributed by atoms with Crippen molar-refractivity contribution in [1.29, 1.82) is 0 Å². The van der Waals surface area contributed by atoms with E-state index in [4.69, 9.17) is 9.84 Å². The highest BCUT2D eigenvalue weighted by molar-refractivity contribution is 5.76. The molecule has 0 bridgehead atoms. The molecule has 0 saturated carbocycles. The van der Waals surface area contributed by atoms with Gasteiger partial charge in [-0.25, -0.2) is 0 Å². The van der Waals surface area contributed by atoms with Crippen molar-refractivity contribution in [1.82, 2.24) is 5.32 Å². The third-order valence-corrected chi connectivity index (χ3v) is 2.61. The smallest absolute Gasteiger partial charge is 0.245 e. The van der Waals surface area contributed by atoms with Gasteiger partial charge < -0.3 is 15.2 Å². The maximum atomic E-state index is 10.8. The number of methoxy groups -OCH3 is 1. The Kier molecular flexibility index (Phi) is 5.49. The fourth-order valence-electron chi connectivity index (χ4n) is 1.67. The van der Waals surface area contributed by atoms with Gasteiger partial charge in [0, 0.05) is 6.54 Å². The fraction of sp³-hybridized carbons (Fsp3) is 0.462. The van der Waals surface area contributed by atoms with E-state index in [9.17, 15) is 4.79 Å². The van der Waals surface area contributed by atoms with Gasteiger partial charge in [0.05, 0.1) is 7.11 Å². The van der Waals surface area contributed by atoms with Crippen LogP contribution in [0.2, 0.25) is 0 Å². The lowest BCUT2D eigenvalue weighted by Gasteiger charge is -2.09. The van der Waals surface area contributed by atoms with Gasteiger partial charge >= 0.3 is 0 Å². The minimum atomic E-state index is -0.456. The summed E-state index contributed by atoms with van der Waals surface area (Å²) in [6.07, 6.45) is 1.67. The number of carbonyl (C=O) groups excluding carboxylic acids is 1. The summed E-state index contributed by atoms with van der Waals surface area (Å²) in [6, 6.07) is 6.02. The summed E-state index contributed by atoms with van der Waals surface area (Å²) in [4.78, 5) is 10.8. The number of rotatable bonds is 6. The Morgan fingerprint density at radius 1 is 1.47 bits per heavy atom. The first-order valence-corrected chi connectivity index (χ1v) is 5.74. The molecule has 94 valence electrons. The third-order valence-electron chi connectivity index (χ3n) is 2.61. The number of ether oxygens (including phenoxy) is 1. The van der Waals surface area contributed by atoms with E-state index in [1.54, 1.807) is 7.11 Å². The van der Waals surface area contributed by atoms with E-state index >= 15 is 0 Å². The highest BCUT2D eigenvalue weighted by Crippen LogP contribution is 2.20. The van der Waals surface area contributed by atoms with Gasteiger partial charge in [-0.3, -0.25) is 4.79 Å². The zero-order valence-corrected chi connectivity index (χ0v) is 10.3. The monoisotopic (exact) mass is 237 g/mol. The molecule has 1 aromatic rings. The van der Waals surface area contributed by atoms with E-state index in [1.807, 2.05) is 12.1 Å². The molecule has 1 aromatic carbocycles. The zero-order chi connectivity index (χ0) is 12.7. The van der Waals surface area contributed by atoms with Gasteiger partial charge in [0.1, 0.15) is 12.4 Å². The number of hydrogen-bond donors (Lipinski definition) is 2. The first-order valence-electron chi connectivity index (χ1n) is 5.74. The van der Waals surface area contributed by atoms with Crippen molar-refractivity contribution in [2.45, 2.75) is 19.8 Å². The topological polar surface area (TPSA) is 58.6 Å². The lowest BCUT2D eigenvalue weighted by atomic mass is 10.1. The fourth-order valence-corrected chi connectivity index (χ4v) is 1.67. The Morgan fingerprint density at radius 3 is 2.82 bits per heavy atom. The summed E-state index contributed by atoms with van der Waals surface area (Å²) >= 11 is 0. The molecule has 0 spiro atoms. The lowest BCUT2D eigenvalue weighted by molar-refractivity contribution is -0.123. The first kappa shape index (κ1) is 13.5. The minimum Gasteiger partial charge on any atom is -0.496 e. The Hall–Kier alpha value is -1.55. The second-order valence-corrected chi connectivity index (χ2v) is 3.76. The lowest BCUT2D eigenvalue weighted by Crippen LogP contribution is -2.28. The number of carbonyl (C=O) groups is 1. The molecule has 0 aliphatic carbocycles. The molecule has 2 N–H and O–H groups in total. The molecule has 0 unspecified atom stereocenters. The molecule has 1 amide bonds. The normalized spacial score (nSPS) is 10.1. The van der Waals surface area contributed by atoms with Gasteiger partial charge in [0.15, 0.2) is 0 Å². The van der Waals surface area contributed by atoms with Crippen molar-refractivity contribution in [2.24, 2.45) is 0 Å². The SMILES string of the molecule is CCc1cc(CCNC(=O)CO)ccc1OC. The van der Waals surface area contributed by atoms with Crippen LogP contribution in [0.1, 0.15) is 18.1 Å². The van der Waals surface area contributed by atoms with Gasteiger partial charge in [0.2, 0.25) is 5.91 Å². The maximum absolute atomic E-state index is 10.8. The van der Waals surface area contributed by atoms with Crippen LogP contribution in [0.25, 0.3) is 0 Å². The van der Waals surface area contributed by atoms with E-state index in [0.717, 1.165) is 24.2 Å². The highest BCUT2D eigenvalue weighted by atomic mass is 16.5. The molecule has 1 rings (SSSR count). The van der Waals surface area contributed by atoms with Gasteiger partial charge in [-0.05, 0) is 30.0 Å². The summed E-state index contributed by atoms with van der Waals surface area (Å²) in [6.45, 7) is 2.16. The van der Waals surface area contributed by atoms with Gasteiger partial charge in [-0.2, -0.15) is 0 Å². The third kappa shape index (κ3) is 4.07. The first-order chi connectivity index (χ1) is 8.21. The molecule has 0 atom stereocenters. The van der Waals surface area contributed by atoms with Crippen molar-refractivity contribution >= 4 is 5.91 Å². The van der Waals surface area contributed by atoms with Crippen molar-refractivity contribution in [2.75, 3.05) is 20.3 Å². The average Bonchev–Trinajstić information content (AvgIpc) is 2.38. The molecular weight excluding hydrogens is 218 g/mol. The van der Waals surface area contributed by atoms with E-state index in [-0.39, 0.29) is 5.91 Å². The molecule has 4 nitrogen and oxygen atoms in total. The van der Waals surface area contributed by atoms with Crippen LogP contribution in [0, 0.1) is 0 Å². The van der Waals surface area contributed by atoms with Crippen LogP contribution in [-0.4, -0.2) is 31.3 Å². The zero-order valence-electron chi connectivity index (χ0n) is 10.3. The quantitative estimate of drug-likeness (QED) is 0.773. The Balaban J connectivity index is 2.57. The summed E-state index contributed by atoms with van der Waals surface area (Å²) in [5.74, 6) is 0.560. The van der Waals surface area contributed by atoms with Crippen molar-refractivity contribution in [3.8, 4) is 5.75 Å². The largest absolute Gasteiger partial charge is 0.496 e. The molecule has 0 fully saturated rings. The van der Waals surface area contributed by atoms with Crippen molar-refractivity contribution in [3.63, 3.8) is 0 Å². The number of aryl methyl sites for hydroxylation is 1. The van der Waals surface area contributed by atoms with Crippen LogP contribution in [0.3, 0.4) is 0 Å². The molecule has 4 heteroatoms. The predicted octanol–water partition coefficient (Wildman–Crippen LogP) is 0.909. The van der Waals surface area contributed by atoms with E-state index < -0.39 is 6.61 Å². The van der Waals surface area contributed by atoms with Crippen LogP contribution >= 0.6 is 0 Å². The predicted molar refractivity (Wildman–Crippen MR) is 66.2 cm³/mol. The molecule has 0 heterocycles. The second-order valence-electron chi connectivity index (χ2n) is 3.76. The molecule has 0 aromatic heterocycles. The Morgan fingerprint density at radius 2 is 2.24 bits per heavy atom. The van der Waals surface area contributed by atoms with Gasteiger partial charge in [-0.15, -0.1) is 0 Å². The molecule has 17 heavy (non-hydrogen) atoms. The number of nitrogens with one attached hydrogen (secondary N) is 1. The second kappa shape index (κ2) is 6.91. The van der Waals surface area contributed by atoms with Crippen LogP contribution in [-0.2, 0) is 17.6 Å². The number of hydrogen-bond acceptors (Lipinski definition) is 3. The van der Waals surface area contributed by atoms with Crippen LogP contribution in [0.5, 0.6) is 5.75 Å². The summed E-state index contributed by atoms with van der Waals surface area (Å²) in [5.41, 5.74) is 2.32. The highest BCUT2D eigenvalue weighted by Gasteiger charge is 2.03. The van der Waals surface area contributed by atoms with Gasteiger partial charge in [0.25, 0.3) is 0 Å². The number of aliphatic hydroxyl groups excluding tert-OH is 1. The molecular formula is C13H19NO3. The molecule has 0 aliphatic heterocycles. The van der Waals surface area contributed by atoms with E-state index in [1.165, 1.54) is 5.56 Å². The van der Waals surface area contributed by atoms with Crippen molar-refractivity contribution in [3.05, 3.63) is 29.3 Å². The van der Waals surface area contributed by atoms with E-state index in [2.05, 4.69) is 18.3 Å². The number of aliphatic hydroxyl groups is 1. The van der Waals surface area contributed by atoms with Crippen molar-refractivity contribution < 1.29 is 14.6 Å².